The number of hydrogen-bond donors (Lipinski definition) is 1. The van der Waals surface area contributed by atoms with E-state index in [4.69, 9.17) is 5.73 Å². The molecular weight excluding hydrogens is 308 g/mol. The Morgan fingerprint density at radius 2 is 1.72 bits per heavy atom. The lowest BCUT2D eigenvalue weighted by Crippen LogP contribution is -2.60. The van der Waals surface area contributed by atoms with Crippen molar-refractivity contribution >= 4 is 0 Å². The summed E-state index contributed by atoms with van der Waals surface area (Å²) in [6.07, 6.45) is 6.54. The molecule has 4 heteroatoms. The summed E-state index contributed by atoms with van der Waals surface area (Å²) in [5, 5.41) is 0. The van der Waals surface area contributed by atoms with Gasteiger partial charge in [0.2, 0.25) is 0 Å². The van der Waals surface area contributed by atoms with Crippen LogP contribution >= 0.6 is 0 Å². The van der Waals surface area contributed by atoms with Gasteiger partial charge in [-0.2, -0.15) is 0 Å². The summed E-state index contributed by atoms with van der Waals surface area (Å²) in [5.41, 5.74) is 8.05. The van der Waals surface area contributed by atoms with Crippen LogP contribution in [0.5, 0.6) is 0 Å². The van der Waals surface area contributed by atoms with E-state index >= 15 is 0 Å². The van der Waals surface area contributed by atoms with E-state index in [9.17, 15) is 0 Å². The van der Waals surface area contributed by atoms with Crippen molar-refractivity contribution in [2.75, 3.05) is 45.8 Å². The molecule has 0 aromatic heterocycles. The zero-order valence-corrected chi connectivity index (χ0v) is 15.6. The first-order chi connectivity index (χ1) is 12.3. The van der Waals surface area contributed by atoms with Crippen LogP contribution in [0.25, 0.3) is 0 Å². The maximum Gasteiger partial charge on any atom is 0.0356 e. The van der Waals surface area contributed by atoms with Crippen LogP contribution in [0.15, 0.2) is 30.3 Å². The minimum atomic E-state index is 0.242. The van der Waals surface area contributed by atoms with E-state index < -0.39 is 0 Å². The number of piperidine rings is 1. The van der Waals surface area contributed by atoms with Crippen molar-refractivity contribution in [1.82, 2.24) is 14.7 Å². The molecule has 138 valence electrons. The fraction of sp³-hybridized carbons (Fsp3) is 0.714. The number of nitrogens with two attached hydrogens (primary N) is 1. The van der Waals surface area contributed by atoms with E-state index in [1.54, 1.807) is 0 Å². The molecule has 1 unspecified atom stereocenters. The number of hydrogen-bond acceptors (Lipinski definition) is 4. The minimum Gasteiger partial charge on any atom is -0.329 e. The van der Waals surface area contributed by atoms with Gasteiger partial charge in [0.15, 0.2) is 0 Å². The summed E-state index contributed by atoms with van der Waals surface area (Å²) in [7, 11) is 0. The lowest BCUT2D eigenvalue weighted by molar-refractivity contribution is 0.0203. The van der Waals surface area contributed by atoms with Crippen LogP contribution in [0.1, 0.15) is 37.7 Å². The van der Waals surface area contributed by atoms with Gasteiger partial charge in [-0.15, -0.1) is 0 Å². The summed E-state index contributed by atoms with van der Waals surface area (Å²) < 4.78 is 0. The van der Waals surface area contributed by atoms with Crippen LogP contribution in [-0.4, -0.2) is 72.1 Å². The van der Waals surface area contributed by atoms with E-state index in [2.05, 4.69) is 45.0 Å². The predicted molar refractivity (Wildman–Crippen MR) is 104 cm³/mol. The van der Waals surface area contributed by atoms with E-state index in [0.717, 1.165) is 19.1 Å². The Bertz CT molecular complexity index is 538. The van der Waals surface area contributed by atoms with Gasteiger partial charge in [0.1, 0.15) is 0 Å². The quantitative estimate of drug-likeness (QED) is 0.909. The maximum absolute atomic E-state index is 6.38. The highest BCUT2D eigenvalue weighted by Crippen LogP contribution is 2.32. The molecule has 1 aromatic rings. The Hall–Kier alpha value is -0.940. The molecule has 1 aromatic carbocycles. The molecule has 0 bridgehead atoms. The third-order valence-corrected chi connectivity index (χ3v) is 6.89. The van der Waals surface area contributed by atoms with E-state index in [0.29, 0.717) is 0 Å². The van der Waals surface area contributed by atoms with Crippen molar-refractivity contribution in [2.45, 2.75) is 50.2 Å². The maximum atomic E-state index is 6.38. The zero-order valence-electron chi connectivity index (χ0n) is 15.6. The SMILES string of the molecule is NCC1(N2CCCN3CCCC3C2)CCN(Cc2ccccc2)CC1. The Morgan fingerprint density at radius 1 is 0.960 bits per heavy atom. The van der Waals surface area contributed by atoms with Gasteiger partial charge in [-0.05, 0) is 50.8 Å². The molecule has 25 heavy (non-hydrogen) atoms. The first-order valence-electron chi connectivity index (χ1n) is 10.2. The van der Waals surface area contributed by atoms with Crippen molar-refractivity contribution in [1.29, 1.82) is 0 Å². The zero-order chi connectivity index (χ0) is 17.1. The van der Waals surface area contributed by atoms with Gasteiger partial charge in [-0.3, -0.25) is 14.7 Å². The molecule has 2 N–H and O–H groups in total. The van der Waals surface area contributed by atoms with Crippen molar-refractivity contribution in [3.8, 4) is 0 Å². The molecule has 3 saturated heterocycles. The normalized spacial score (nSPS) is 28.6. The Labute approximate surface area is 153 Å². The van der Waals surface area contributed by atoms with Gasteiger partial charge in [-0.25, -0.2) is 0 Å². The summed E-state index contributed by atoms with van der Waals surface area (Å²) >= 11 is 0. The van der Waals surface area contributed by atoms with Crippen molar-refractivity contribution in [2.24, 2.45) is 5.73 Å². The minimum absolute atomic E-state index is 0.242. The first-order valence-corrected chi connectivity index (χ1v) is 10.2. The molecular formula is C21H34N4. The molecule has 4 nitrogen and oxygen atoms in total. The largest absolute Gasteiger partial charge is 0.329 e. The van der Waals surface area contributed by atoms with Gasteiger partial charge >= 0.3 is 0 Å². The summed E-state index contributed by atoms with van der Waals surface area (Å²) in [5.74, 6) is 0. The van der Waals surface area contributed by atoms with Gasteiger partial charge < -0.3 is 5.73 Å². The van der Waals surface area contributed by atoms with E-state index in [1.807, 2.05) is 0 Å². The smallest absolute Gasteiger partial charge is 0.0356 e. The van der Waals surface area contributed by atoms with Gasteiger partial charge in [0.25, 0.3) is 0 Å². The van der Waals surface area contributed by atoms with Gasteiger partial charge in [-0.1, -0.05) is 30.3 Å². The molecule has 4 rings (SSSR count). The monoisotopic (exact) mass is 342 g/mol. The van der Waals surface area contributed by atoms with Crippen molar-refractivity contribution in [3.63, 3.8) is 0 Å². The molecule has 0 saturated carbocycles. The fourth-order valence-corrected chi connectivity index (χ4v) is 5.26. The summed E-state index contributed by atoms with van der Waals surface area (Å²) in [6.45, 7) is 9.35. The van der Waals surface area contributed by atoms with Crippen LogP contribution in [0.2, 0.25) is 0 Å². The Balaban J connectivity index is 1.38. The lowest BCUT2D eigenvalue weighted by atomic mass is 9.84. The second-order valence-corrected chi connectivity index (χ2v) is 8.32. The third-order valence-electron chi connectivity index (χ3n) is 6.89. The molecule has 3 aliphatic heterocycles. The summed E-state index contributed by atoms with van der Waals surface area (Å²) in [4.78, 5) is 8.14. The predicted octanol–water partition coefficient (Wildman–Crippen LogP) is 2.15. The van der Waals surface area contributed by atoms with Crippen LogP contribution < -0.4 is 5.73 Å². The molecule has 0 radical (unpaired) electrons. The summed E-state index contributed by atoms with van der Waals surface area (Å²) in [6, 6.07) is 11.7. The second kappa shape index (κ2) is 7.75. The molecule has 1 atom stereocenters. The number of nitrogens with zero attached hydrogens (tertiary/aromatic N) is 3. The number of likely N-dealkylation sites (tertiary alicyclic amines) is 1. The number of rotatable bonds is 4. The van der Waals surface area contributed by atoms with Crippen LogP contribution in [-0.2, 0) is 6.54 Å². The third kappa shape index (κ3) is 3.77. The average Bonchev–Trinajstić information content (AvgIpc) is 3.00. The Morgan fingerprint density at radius 3 is 2.48 bits per heavy atom. The first kappa shape index (κ1) is 17.5. The molecule has 0 amide bonds. The van der Waals surface area contributed by atoms with Gasteiger partial charge in [0, 0.05) is 50.8 Å². The van der Waals surface area contributed by atoms with E-state index in [-0.39, 0.29) is 5.54 Å². The fourth-order valence-electron chi connectivity index (χ4n) is 5.26. The average molecular weight is 343 g/mol. The number of benzene rings is 1. The van der Waals surface area contributed by atoms with Crippen LogP contribution in [0.4, 0.5) is 0 Å². The molecule has 3 aliphatic rings. The highest BCUT2D eigenvalue weighted by atomic mass is 15.3. The van der Waals surface area contributed by atoms with Crippen LogP contribution in [0, 0.1) is 0 Å². The van der Waals surface area contributed by atoms with Gasteiger partial charge in [0.05, 0.1) is 0 Å². The van der Waals surface area contributed by atoms with E-state index in [1.165, 1.54) is 76.9 Å². The number of fused-ring (bicyclic) bond motifs is 1. The molecule has 0 spiro atoms. The highest BCUT2D eigenvalue weighted by Gasteiger charge is 2.41. The standard InChI is InChI=1S/C21H34N4/c22-18-21(25-13-5-12-24-11-4-8-20(24)17-25)9-14-23(15-10-21)16-19-6-2-1-3-7-19/h1-3,6-7,20H,4-5,8-18,22H2. The lowest BCUT2D eigenvalue weighted by Gasteiger charge is -2.49. The molecule has 3 heterocycles. The van der Waals surface area contributed by atoms with Crippen LogP contribution in [0.3, 0.4) is 0 Å². The molecule has 0 aliphatic carbocycles. The second-order valence-electron chi connectivity index (χ2n) is 8.32. The molecule has 3 fully saturated rings. The van der Waals surface area contributed by atoms with Crippen molar-refractivity contribution < 1.29 is 0 Å². The highest BCUT2D eigenvalue weighted by molar-refractivity contribution is 5.14. The topological polar surface area (TPSA) is 35.7 Å². The Kier molecular flexibility index (Phi) is 5.41. The van der Waals surface area contributed by atoms with Crippen molar-refractivity contribution in [3.05, 3.63) is 35.9 Å².